The predicted molar refractivity (Wildman–Crippen MR) is 114 cm³/mol. The zero-order valence-corrected chi connectivity index (χ0v) is 19.3. The van der Waals surface area contributed by atoms with Gasteiger partial charge in [0, 0.05) is 30.3 Å². The van der Waals surface area contributed by atoms with E-state index in [4.69, 9.17) is 45.8 Å². The molecule has 32 heavy (non-hydrogen) atoms. The summed E-state index contributed by atoms with van der Waals surface area (Å²) >= 11 is 19.0. The third kappa shape index (κ3) is 8.19. The van der Waals surface area contributed by atoms with E-state index < -0.39 is 34.9 Å². The second-order valence-electron chi connectivity index (χ2n) is 5.59. The van der Waals surface area contributed by atoms with Crippen LogP contribution in [0.2, 0.25) is 15.1 Å². The normalized spacial score (nSPS) is 9.81. The monoisotopic (exact) mass is 576 g/mol. The van der Waals surface area contributed by atoms with Crippen LogP contribution >= 0.6 is 50.7 Å². The van der Waals surface area contributed by atoms with Gasteiger partial charge < -0.3 is 5.73 Å². The Morgan fingerprint density at radius 2 is 1.16 bits per heavy atom. The minimum absolute atomic E-state index is 0.0229. The van der Waals surface area contributed by atoms with E-state index in [9.17, 15) is 26.3 Å². The highest BCUT2D eigenvalue weighted by atomic mass is 79.9. The fourth-order valence-corrected chi connectivity index (χ4v) is 2.87. The molecule has 0 aromatic heterocycles. The van der Waals surface area contributed by atoms with Gasteiger partial charge in [-0.2, -0.15) is 5.26 Å². The summed E-state index contributed by atoms with van der Waals surface area (Å²) in [6, 6.07) is 6.61. The van der Waals surface area contributed by atoms with Crippen molar-refractivity contribution in [2.24, 2.45) is 5.73 Å². The fraction of sp³-hybridized carbons (Fsp3) is 0.0500. The van der Waals surface area contributed by atoms with Crippen LogP contribution in [0.3, 0.4) is 0 Å². The van der Waals surface area contributed by atoms with Crippen molar-refractivity contribution in [3.63, 3.8) is 0 Å². The zero-order chi connectivity index (χ0) is 24.6. The van der Waals surface area contributed by atoms with Gasteiger partial charge in [-0.1, -0.05) is 34.8 Å². The van der Waals surface area contributed by atoms with E-state index in [0.29, 0.717) is 6.07 Å². The zero-order valence-electron chi connectivity index (χ0n) is 15.5. The molecule has 0 aliphatic heterocycles. The van der Waals surface area contributed by atoms with Crippen molar-refractivity contribution in [1.29, 1.82) is 5.26 Å². The predicted octanol–water partition coefficient (Wildman–Crippen LogP) is 7.95. The largest absolute Gasteiger partial charge is 0.326 e. The molecule has 0 bridgehead atoms. The van der Waals surface area contributed by atoms with Crippen LogP contribution in [0.25, 0.3) is 0 Å². The second-order valence-corrected chi connectivity index (χ2v) is 7.61. The van der Waals surface area contributed by atoms with Crippen molar-refractivity contribution >= 4 is 50.7 Å². The molecule has 0 fully saturated rings. The molecule has 0 saturated heterocycles. The first kappa shape index (κ1) is 28.1. The Balaban J connectivity index is 0.000000240. The summed E-state index contributed by atoms with van der Waals surface area (Å²) in [4.78, 5) is 0. The number of benzene rings is 3. The summed E-state index contributed by atoms with van der Waals surface area (Å²) < 4.78 is 74.8. The minimum Gasteiger partial charge on any atom is -0.326 e. The van der Waals surface area contributed by atoms with Crippen LogP contribution < -0.4 is 5.73 Å². The molecular weight excluding hydrogens is 568 g/mol. The summed E-state index contributed by atoms with van der Waals surface area (Å²) in [6.07, 6.45) is 0. The number of halogens is 10. The quantitative estimate of drug-likeness (QED) is 0.181. The van der Waals surface area contributed by atoms with Crippen LogP contribution in [0, 0.1) is 46.2 Å². The molecule has 12 heteroatoms. The lowest BCUT2D eigenvalue weighted by atomic mass is 10.2. The van der Waals surface area contributed by atoms with Crippen LogP contribution in [0.4, 0.5) is 26.3 Å². The maximum Gasteiger partial charge on any atom is 0.145 e. The van der Waals surface area contributed by atoms with E-state index in [1.165, 1.54) is 6.07 Å². The van der Waals surface area contributed by atoms with Crippen LogP contribution in [-0.2, 0) is 6.54 Å². The van der Waals surface area contributed by atoms with Crippen molar-refractivity contribution in [1.82, 2.24) is 0 Å². The Morgan fingerprint density at radius 1 is 0.719 bits per heavy atom. The van der Waals surface area contributed by atoms with E-state index in [-0.39, 0.29) is 37.2 Å². The van der Waals surface area contributed by atoms with Crippen molar-refractivity contribution in [2.75, 3.05) is 0 Å². The van der Waals surface area contributed by atoms with Gasteiger partial charge in [-0.15, -0.1) is 0 Å². The molecule has 0 spiro atoms. The number of rotatable bonds is 1. The minimum atomic E-state index is -0.933. The first-order chi connectivity index (χ1) is 14.9. The van der Waals surface area contributed by atoms with Gasteiger partial charge in [-0.05, 0) is 34.1 Å². The summed E-state index contributed by atoms with van der Waals surface area (Å²) in [5, 5.41) is 8.16. The summed E-state index contributed by atoms with van der Waals surface area (Å²) in [6.45, 7) is -0.0229. The molecule has 170 valence electrons. The molecule has 2 N–H and O–H groups in total. The topological polar surface area (TPSA) is 49.8 Å². The summed E-state index contributed by atoms with van der Waals surface area (Å²) in [5.41, 5.74) is 4.98. The maximum atomic E-state index is 12.7. The van der Waals surface area contributed by atoms with Crippen LogP contribution in [0.1, 0.15) is 11.1 Å². The van der Waals surface area contributed by atoms with Crippen LogP contribution in [0.15, 0.2) is 40.9 Å². The molecular formula is C20H10BrCl3F6N2. The number of nitriles is 1. The smallest absolute Gasteiger partial charge is 0.145 e. The van der Waals surface area contributed by atoms with Gasteiger partial charge in [0.05, 0.1) is 19.5 Å². The summed E-state index contributed by atoms with van der Waals surface area (Å²) in [7, 11) is 0. The highest BCUT2D eigenvalue weighted by molar-refractivity contribution is 9.10. The molecule has 0 aliphatic carbocycles. The Kier molecular flexibility index (Phi) is 11.3. The van der Waals surface area contributed by atoms with E-state index in [1.807, 2.05) is 0 Å². The number of hydrogen-bond acceptors (Lipinski definition) is 2. The molecule has 2 nitrogen and oxygen atoms in total. The Hall–Kier alpha value is -1.96. The average molecular weight is 579 g/mol. The molecule has 0 atom stereocenters. The van der Waals surface area contributed by atoms with E-state index in [0.717, 1.165) is 30.3 Å². The molecule has 3 rings (SSSR count). The molecule has 0 heterocycles. The Bertz CT molecular complexity index is 1090. The van der Waals surface area contributed by atoms with E-state index >= 15 is 0 Å². The lowest BCUT2D eigenvalue weighted by Gasteiger charge is -2.01. The second kappa shape index (κ2) is 12.9. The number of nitrogens with two attached hydrogens (primary N) is 1. The molecule has 0 aliphatic rings. The maximum absolute atomic E-state index is 12.7. The highest BCUT2D eigenvalue weighted by Crippen LogP contribution is 2.26. The Labute approximate surface area is 202 Å². The molecule has 0 radical (unpaired) electrons. The van der Waals surface area contributed by atoms with Gasteiger partial charge in [0.25, 0.3) is 0 Å². The average Bonchev–Trinajstić information content (AvgIpc) is 2.66. The fourth-order valence-electron chi connectivity index (χ4n) is 1.94. The van der Waals surface area contributed by atoms with Crippen molar-refractivity contribution in [3.05, 3.63) is 102 Å². The molecule has 0 amide bonds. The first-order valence-electron chi connectivity index (χ1n) is 8.09. The van der Waals surface area contributed by atoms with Crippen molar-refractivity contribution < 1.29 is 26.3 Å². The van der Waals surface area contributed by atoms with Gasteiger partial charge in [0.1, 0.15) is 46.5 Å². The highest BCUT2D eigenvalue weighted by Gasteiger charge is 2.08. The van der Waals surface area contributed by atoms with E-state index in [1.54, 1.807) is 0 Å². The molecule has 0 saturated carbocycles. The summed E-state index contributed by atoms with van der Waals surface area (Å²) in [5.74, 6) is -4.47. The van der Waals surface area contributed by atoms with Gasteiger partial charge in [0.2, 0.25) is 0 Å². The standard InChI is InChI=1S/C7H6ClF2N.C7H2ClF2N.C6H2BrClF2/c2*8-6-1-4(9)2-7(10)5(6)3-11;7-6-4(8)1-3(9)2-5(6)10/h1-2H,3,11H2;1-2H;1-2H. The number of hydrogen-bond donors (Lipinski definition) is 1. The SMILES string of the molecule is Fc1cc(F)c(Br)c(Cl)c1.N#Cc1c(F)cc(F)cc1Cl.NCc1c(F)cc(F)cc1Cl. The van der Waals surface area contributed by atoms with Crippen molar-refractivity contribution in [2.45, 2.75) is 6.54 Å². The van der Waals surface area contributed by atoms with Gasteiger partial charge in [-0.25, -0.2) is 26.3 Å². The third-order valence-corrected chi connectivity index (χ3v) is 5.34. The first-order valence-corrected chi connectivity index (χ1v) is 10.0. The van der Waals surface area contributed by atoms with Gasteiger partial charge in [-0.3, -0.25) is 0 Å². The molecule has 0 unspecified atom stereocenters. The van der Waals surface area contributed by atoms with Crippen LogP contribution in [0.5, 0.6) is 0 Å². The van der Waals surface area contributed by atoms with E-state index in [2.05, 4.69) is 15.9 Å². The molecule has 3 aromatic rings. The third-order valence-electron chi connectivity index (χ3n) is 3.38. The van der Waals surface area contributed by atoms with Gasteiger partial charge in [0.15, 0.2) is 0 Å². The van der Waals surface area contributed by atoms with Crippen LogP contribution in [-0.4, -0.2) is 0 Å². The number of nitrogens with zero attached hydrogens (tertiary/aromatic N) is 1. The van der Waals surface area contributed by atoms with Gasteiger partial charge >= 0.3 is 0 Å². The van der Waals surface area contributed by atoms with Crippen molar-refractivity contribution in [3.8, 4) is 6.07 Å². The lowest BCUT2D eigenvalue weighted by molar-refractivity contribution is 0.572. The lowest BCUT2D eigenvalue weighted by Crippen LogP contribution is -2.01. The molecule has 3 aromatic carbocycles. The Morgan fingerprint density at radius 3 is 1.56 bits per heavy atom.